The van der Waals surface area contributed by atoms with Crippen molar-refractivity contribution in [2.45, 2.75) is 78.7 Å². The van der Waals surface area contributed by atoms with E-state index in [-0.39, 0.29) is 10.8 Å². The molecule has 0 spiro atoms. The topological polar surface area (TPSA) is 29.5 Å². The molecular weight excluding hydrogens is 260 g/mol. The van der Waals surface area contributed by atoms with Crippen molar-refractivity contribution in [2.24, 2.45) is 0 Å². The van der Waals surface area contributed by atoms with Crippen LogP contribution in [0.4, 0.5) is 0 Å². The molecule has 1 unspecified atom stereocenters. The number of ether oxygens (including phenoxy) is 1. The Morgan fingerprint density at radius 2 is 1.38 bits per heavy atom. The van der Waals surface area contributed by atoms with Crippen molar-refractivity contribution >= 4 is 0 Å². The quantitative estimate of drug-likeness (QED) is 0.834. The van der Waals surface area contributed by atoms with Gasteiger partial charge in [-0.1, -0.05) is 48.5 Å². The summed E-state index contributed by atoms with van der Waals surface area (Å²) in [4.78, 5) is 0. The molecule has 120 valence electrons. The second-order valence-corrected chi connectivity index (χ2v) is 7.80. The molecule has 0 fully saturated rings. The second-order valence-electron chi connectivity index (χ2n) is 7.80. The van der Waals surface area contributed by atoms with Gasteiger partial charge >= 0.3 is 0 Å². The Balaban J connectivity index is 3.66. The van der Waals surface area contributed by atoms with Crippen LogP contribution in [0.5, 0.6) is 5.75 Å². The largest absolute Gasteiger partial charge is 0.493 e. The zero-order valence-corrected chi connectivity index (χ0v) is 15.0. The lowest BCUT2D eigenvalue weighted by Gasteiger charge is -2.31. The Morgan fingerprint density at radius 3 is 1.67 bits per heavy atom. The zero-order valence-electron chi connectivity index (χ0n) is 15.0. The van der Waals surface area contributed by atoms with E-state index >= 15 is 0 Å². The third-order valence-corrected chi connectivity index (χ3v) is 3.79. The van der Waals surface area contributed by atoms with E-state index in [1.54, 1.807) is 0 Å². The summed E-state index contributed by atoms with van der Waals surface area (Å²) < 4.78 is 6.01. The van der Waals surface area contributed by atoms with E-state index in [9.17, 15) is 5.11 Å². The fourth-order valence-corrected chi connectivity index (χ4v) is 2.49. The van der Waals surface area contributed by atoms with E-state index in [1.165, 1.54) is 11.1 Å². The van der Waals surface area contributed by atoms with Crippen LogP contribution in [0, 0.1) is 0 Å². The molecule has 2 heteroatoms. The van der Waals surface area contributed by atoms with E-state index in [0.717, 1.165) is 17.7 Å². The van der Waals surface area contributed by atoms with Crippen LogP contribution in [0.1, 0.15) is 84.6 Å². The van der Waals surface area contributed by atoms with Crippen LogP contribution in [-0.4, -0.2) is 11.7 Å². The fraction of sp³-hybridized carbons (Fsp3) is 0.684. The Morgan fingerprint density at radius 1 is 0.952 bits per heavy atom. The fourth-order valence-electron chi connectivity index (χ4n) is 2.49. The van der Waals surface area contributed by atoms with Gasteiger partial charge in [-0.25, -0.2) is 0 Å². The summed E-state index contributed by atoms with van der Waals surface area (Å²) in [6, 6.07) is 4.24. The molecule has 1 rings (SSSR count). The Kier molecular flexibility index (Phi) is 5.49. The van der Waals surface area contributed by atoms with Crippen molar-refractivity contribution in [2.75, 3.05) is 6.61 Å². The van der Waals surface area contributed by atoms with Gasteiger partial charge in [0.1, 0.15) is 5.75 Å². The maximum atomic E-state index is 10.3. The molecular formula is C19H32O2. The molecule has 2 nitrogen and oxygen atoms in total. The minimum absolute atomic E-state index is 0.0199. The lowest BCUT2D eigenvalue weighted by atomic mass is 9.77. The van der Waals surface area contributed by atoms with Crippen LogP contribution < -0.4 is 4.74 Å². The zero-order chi connectivity index (χ0) is 16.4. The van der Waals surface area contributed by atoms with Gasteiger partial charge in [0, 0.05) is 11.1 Å². The van der Waals surface area contributed by atoms with Crippen LogP contribution in [-0.2, 0) is 10.8 Å². The van der Waals surface area contributed by atoms with E-state index in [0.29, 0.717) is 6.61 Å². The molecule has 0 saturated carbocycles. The number of rotatable bonds is 4. The molecule has 0 radical (unpaired) electrons. The second kappa shape index (κ2) is 6.39. The van der Waals surface area contributed by atoms with Crippen LogP contribution in [0.3, 0.4) is 0 Å². The van der Waals surface area contributed by atoms with Crippen molar-refractivity contribution in [3.8, 4) is 5.75 Å². The Bertz CT molecular complexity index is 440. The summed E-state index contributed by atoms with van der Waals surface area (Å²) >= 11 is 0. The maximum absolute atomic E-state index is 10.3. The van der Waals surface area contributed by atoms with Crippen LogP contribution in [0.15, 0.2) is 12.1 Å². The first-order valence-corrected chi connectivity index (χ1v) is 8.02. The number of aliphatic hydroxyl groups is 1. The van der Waals surface area contributed by atoms with Crippen molar-refractivity contribution < 1.29 is 9.84 Å². The normalized spacial score (nSPS) is 14.1. The minimum atomic E-state index is -0.414. The summed E-state index contributed by atoms with van der Waals surface area (Å²) in [5.74, 6) is 0.990. The first kappa shape index (κ1) is 18.0. The van der Waals surface area contributed by atoms with E-state index < -0.39 is 6.10 Å². The van der Waals surface area contributed by atoms with Crippen LogP contribution >= 0.6 is 0 Å². The summed E-state index contributed by atoms with van der Waals surface area (Å²) in [5, 5.41) is 10.3. The van der Waals surface area contributed by atoms with Crippen molar-refractivity contribution in [3.05, 3.63) is 28.8 Å². The standard InChI is InChI=1S/C19H32O2/c1-9-16(20)13-11-14(18(3,4)5)17(21-10-2)15(12-13)19(6,7)8/h11-12,16,20H,9-10H2,1-8H3. The van der Waals surface area contributed by atoms with Gasteiger partial charge < -0.3 is 9.84 Å². The average Bonchev–Trinajstić information content (AvgIpc) is 2.35. The molecule has 1 aromatic carbocycles. The molecule has 1 N–H and O–H groups in total. The number of benzene rings is 1. The monoisotopic (exact) mass is 292 g/mol. The van der Waals surface area contributed by atoms with Crippen molar-refractivity contribution in [1.82, 2.24) is 0 Å². The van der Waals surface area contributed by atoms with Crippen molar-refractivity contribution in [1.29, 1.82) is 0 Å². The first-order valence-electron chi connectivity index (χ1n) is 8.02. The molecule has 0 aromatic heterocycles. The molecule has 0 saturated heterocycles. The van der Waals surface area contributed by atoms with E-state index in [2.05, 4.69) is 53.7 Å². The summed E-state index contributed by atoms with van der Waals surface area (Å²) in [6.07, 6.45) is 0.309. The van der Waals surface area contributed by atoms with Gasteiger partial charge in [-0.3, -0.25) is 0 Å². The lowest BCUT2D eigenvalue weighted by Crippen LogP contribution is -2.21. The summed E-state index contributed by atoms with van der Waals surface area (Å²) in [7, 11) is 0. The van der Waals surface area contributed by atoms with Gasteiger partial charge in [-0.15, -0.1) is 0 Å². The predicted octanol–water partition coefficient (Wildman–Crippen LogP) is 5.12. The van der Waals surface area contributed by atoms with E-state index in [1.807, 2.05) is 13.8 Å². The highest BCUT2D eigenvalue weighted by atomic mass is 16.5. The van der Waals surface area contributed by atoms with Gasteiger partial charge in [0.25, 0.3) is 0 Å². The number of hydrogen-bond donors (Lipinski definition) is 1. The maximum Gasteiger partial charge on any atom is 0.126 e. The van der Waals surface area contributed by atoms with Crippen LogP contribution in [0.2, 0.25) is 0 Å². The summed E-state index contributed by atoms with van der Waals surface area (Å²) in [5.41, 5.74) is 3.32. The third-order valence-electron chi connectivity index (χ3n) is 3.79. The molecule has 0 heterocycles. The predicted molar refractivity (Wildman–Crippen MR) is 90.3 cm³/mol. The number of hydrogen-bond acceptors (Lipinski definition) is 2. The average molecular weight is 292 g/mol. The van der Waals surface area contributed by atoms with E-state index in [4.69, 9.17) is 4.74 Å². The van der Waals surface area contributed by atoms with Gasteiger partial charge in [-0.2, -0.15) is 0 Å². The molecule has 0 aliphatic heterocycles. The highest BCUT2D eigenvalue weighted by Gasteiger charge is 2.28. The number of aliphatic hydroxyl groups excluding tert-OH is 1. The van der Waals surface area contributed by atoms with Gasteiger partial charge in [0.15, 0.2) is 0 Å². The Labute approximate surface area is 130 Å². The third kappa shape index (κ3) is 4.23. The smallest absolute Gasteiger partial charge is 0.126 e. The molecule has 1 aromatic rings. The SMILES string of the molecule is CCOc1c(C(C)(C)C)cc(C(O)CC)cc1C(C)(C)C. The van der Waals surface area contributed by atoms with Gasteiger partial charge in [0.05, 0.1) is 12.7 Å². The van der Waals surface area contributed by atoms with Crippen molar-refractivity contribution in [3.63, 3.8) is 0 Å². The first-order chi connectivity index (χ1) is 9.52. The molecule has 0 aliphatic carbocycles. The molecule has 1 atom stereocenters. The molecule has 0 aliphatic rings. The minimum Gasteiger partial charge on any atom is -0.493 e. The molecule has 0 bridgehead atoms. The lowest BCUT2D eigenvalue weighted by molar-refractivity contribution is 0.173. The van der Waals surface area contributed by atoms with Gasteiger partial charge in [0.2, 0.25) is 0 Å². The van der Waals surface area contributed by atoms with Crippen LogP contribution in [0.25, 0.3) is 0 Å². The van der Waals surface area contributed by atoms with Gasteiger partial charge in [-0.05, 0) is 41.9 Å². The molecule has 0 amide bonds. The molecule has 21 heavy (non-hydrogen) atoms. The Hall–Kier alpha value is -1.02. The summed E-state index contributed by atoms with van der Waals surface area (Å²) in [6.45, 7) is 17.8. The highest BCUT2D eigenvalue weighted by Crippen LogP contribution is 2.42. The highest BCUT2D eigenvalue weighted by molar-refractivity contribution is 5.51.